The van der Waals surface area contributed by atoms with E-state index in [1.54, 1.807) is 0 Å². The average molecular weight is 516 g/mol. The molecule has 0 spiro atoms. The molecule has 0 aromatic rings. The number of allylic oxidation sites excluding steroid dienone is 1. The van der Waals surface area contributed by atoms with Gasteiger partial charge in [0.2, 0.25) is 6.29 Å². The molecule has 1 rings (SSSR count). The van der Waals surface area contributed by atoms with Crippen LogP contribution in [0, 0.1) is 0 Å². The third-order valence-corrected chi connectivity index (χ3v) is 5.28. The zero-order valence-corrected chi connectivity index (χ0v) is 14.5. The third-order valence-electron chi connectivity index (χ3n) is 1.33. The molecule has 0 aromatic heterocycles. The number of cyclic esters (lactones) is 1. The van der Waals surface area contributed by atoms with Crippen LogP contribution >= 0.6 is 63.7 Å². The number of hydrogen-bond donors (Lipinski definition) is 2. The molecule has 0 radical (unpaired) electrons. The first-order chi connectivity index (χ1) is 8.22. The molecule has 0 amide bonds. The van der Waals surface area contributed by atoms with Gasteiger partial charge in [0.15, 0.2) is 6.29 Å². The van der Waals surface area contributed by atoms with Crippen molar-refractivity contribution < 1.29 is 29.3 Å². The van der Waals surface area contributed by atoms with E-state index in [1.807, 2.05) is 0 Å². The van der Waals surface area contributed by atoms with Gasteiger partial charge in [-0.05, 0) is 63.7 Å². The lowest BCUT2D eigenvalue weighted by Crippen LogP contribution is -2.06. The smallest absolute Gasteiger partial charge is 0.348 e. The molecular weight excluding hydrogens is 512 g/mol. The van der Waals surface area contributed by atoms with Gasteiger partial charge < -0.3 is 14.9 Å². The highest BCUT2D eigenvalue weighted by molar-refractivity contribution is 9.15. The quantitative estimate of drug-likeness (QED) is 0.332. The van der Waals surface area contributed by atoms with E-state index < -0.39 is 18.2 Å². The number of aldehydes is 1. The van der Waals surface area contributed by atoms with E-state index in [4.69, 9.17) is 10.2 Å². The minimum Gasteiger partial charge on any atom is -0.477 e. The second kappa shape index (κ2) is 8.20. The molecule has 1 heterocycles. The largest absolute Gasteiger partial charge is 0.477 e. The summed E-state index contributed by atoms with van der Waals surface area (Å²) < 4.78 is 4.75. The summed E-state index contributed by atoms with van der Waals surface area (Å²) in [7, 11) is 0. The van der Waals surface area contributed by atoms with Crippen LogP contribution in [0.1, 0.15) is 0 Å². The Bertz CT molecular complexity index is 441. The van der Waals surface area contributed by atoms with Crippen LogP contribution in [0.4, 0.5) is 0 Å². The number of carboxylic acids is 1. The van der Waals surface area contributed by atoms with Crippen molar-refractivity contribution in [3.8, 4) is 0 Å². The minimum atomic E-state index is -1.17. The number of carbonyl (C=O) groups excluding carboxylic acids is 2. The number of hydrogen-bond acceptors (Lipinski definition) is 5. The maximum atomic E-state index is 10.5. The van der Waals surface area contributed by atoms with Crippen LogP contribution in [-0.2, 0) is 19.1 Å². The van der Waals surface area contributed by atoms with E-state index in [0.29, 0.717) is 10.8 Å². The van der Waals surface area contributed by atoms with Crippen molar-refractivity contribution in [1.82, 2.24) is 0 Å². The number of ether oxygens (including phenoxy) is 1. The van der Waals surface area contributed by atoms with Crippen molar-refractivity contribution in [2.45, 2.75) is 6.29 Å². The van der Waals surface area contributed by atoms with Gasteiger partial charge >= 0.3 is 11.9 Å². The standard InChI is InChI=1S/2C4H2Br2O3/c5-1-2(6)4(8)9-3(1)7;5-2(1-7)3(6)4(8)9/h3,7H;1H,(H,8,9)/b;3-2+. The van der Waals surface area contributed by atoms with E-state index in [1.165, 1.54) is 0 Å². The fourth-order valence-electron chi connectivity index (χ4n) is 0.565. The summed E-state index contributed by atoms with van der Waals surface area (Å²) in [5.74, 6) is -1.72. The van der Waals surface area contributed by atoms with Crippen LogP contribution in [-0.4, -0.2) is 34.7 Å². The molecule has 6 nitrogen and oxygen atoms in total. The Morgan fingerprint density at radius 1 is 1.33 bits per heavy atom. The second-order valence-corrected chi connectivity index (χ2v) is 5.80. The van der Waals surface area contributed by atoms with E-state index >= 15 is 0 Å². The number of halogens is 4. The topological polar surface area (TPSA) is 101 Å². The van der Waals surface area contributed by atoms with Gasteiger partial charge in [-0.2, -0.15) is 0 Å². The number of rotatable bonds is 2. The Labute approximate surface area is 135 Å². The van der Waals surface area contributed by atoms with E-state index in [0.717, 1.165) is 0 Å². The summed E-state index contributed by atoms with van der Waals surface area (Å²) in [5.41, 5.74) is 0. The van der Waals surface area contributed by atoms with Gasteiger partial charge in [0, 0.05) is 0 Å². The molecule has 1 aliphatic rings. The number of carboxylic acid groups (broad SMARTS) is 1. The molecule has 2 N–H and O–H groups in total. The summed E-state index contributed by atoms with van der Waals surface area (Å²) in [4.78, 5) is 30.3. The van der Waals surface area contributed by atoms with Gasteiger partial charge in [-0.3, -0.25) is 4.79 Å². The van der Waals surface area contributed by atoms with Gasteiger partial charge in [-0.1, -0.05) is 0 Å². The maximum Gasteiger partial charge on any atom is 0.348 e. The fourth-order valence-corrected chi connectivity index (χ4v) is 1.37. The molecular formula is C8H4Br4O6. The highest BCUT2D eigenvalue weighted by Gasteiger charge is 2.28. The zero-order valence-electron chi connectivity index (χ0n) is 8.19. The summed E-state index contributed by atoms with van der Waals surface area (Å²) in [6, 6.07) is 0. The van der Waals surface area contributed by atoms with Crippen LogP contribution in [0.15, 0.2) is 17.9 Å². The molecule has 1 atom stereocenters. The third kappa shape index (κ3) is 5.31. The van der Waals surface area contributed by atoms with Crippen LogP contribution in [0.2, 0.25) is 0 Å². The summed E-state index contributed by atoms with van der Waals surface area (Å²) >= 11 is 11.3. The number of aliphatic carboxylic acids is 1. The Morgan fingerprint density at radius 2 is 1.83 bits per heavy atom. The summed E-state index contributed by atoms with van der Waals surface area (Å²) in [5, 5.41) is 17.0. The van der Waals surface area contributed by atoms with Crippen molar-refractivity contribution in [3.63, 3.8) is 0 Å². The highest BCUT2D eigenvalue weighted by Crippen LogP contribution is 2.29. The molecule has 0 saturated heterocycles. The molecule has 18 heavy (non-hydrogen) atoms. The SMILES string of the molecule is O=C/C(Br)=C(\Br)C(=O)O.O=C1OC(O)C(Br)=C1Br. The van der Waals surface area contributed by atoms with E-state index in [2.05, 4.69) is 68.5 Å². The highest BCUT2D eigenvalue weighted by atomic mass is 79.9. The Kier molecular flexibility index (Phi) is 8.19. The number of aliphatic hydroxyl groups excluding tert-OH is 1. The van der Waals surface area contributed by atoms with Gasteiger partial charge in [-0.25, -0.2) is 9.59 Å². The molecule has 1 unspecified atom stereocenters. The van der Waals surface area contributed by atoms with Crippen molar-refractivity contribution in [3.05, 3.63) is 17.9 Å². The fraction of sp³-hybridized carbons (Fsp3) is 0.125. The molecule has 0 bridgehead atoms. The lowest BCUT2D eigenvalue weighted by Gasteiger charge is -1.97. The van der Waals surface area contributed by atoms with Crippen LogP contribution < -0.4 is 0 Å². The molecule has 0 aromatic carbocycles. The summed E-state index contributed by atoms with van der Waals surface area (Å²) in [6.07, 6.45) is -0.732. The zero-order chi connectivity index (χ0) is 14.5. The normalized spacial score (nSPS) is 19.6. The first kappa shape index (κ1) is 18.0. The minimum absolute atomic E-state index is 0.00463. The molecule has 1 aliphatic heterocycles. The monoisotopic (exact) mass is 512 g/mol. The predicted octanol–water partition coefficient (Wildman–Crippen LogP) is 2.13. The molecule has 100 valence electrons. The number of esters is 1. The van der Waals surface area contributed by atoms with Gasteiger partial charge in [-0.15, -0.1) is 0 Å². The van der Waals surface area contributed by atoms with Crippen LogP contribution in [0.5, 0.6) is 0 Å². The lowest BCUT2D eigenvalue weighted by atomic mass is 10.5. The van der Waals surface area contributed by atoms with Crippen LogP contribution in [0.3, 0.4) is 0 Å². The second-order valence-electron chi connectivity index (χ2n) is 2.50. The van der Waals surface area contributed by atoms with E-state index in [-0.39, 0.29) is 13.4 Å². The molecule has 0 fully saturated rings. The Balaban J connectivity index is 0.000000321. The van der Waals surface area contributed by atoms with Gasteiger partial charge in [0.1, 0.15) is 8.96 Å². The first-order valence-electron chi connectivity index (χ1n) is 3.90. The Hall–Kier alpha value is -0.0300. The van der Waals surface area contributed by atoms with Gasteiger partial charge in [0.05, 0.1) is 8.96 Å². The number of carbonyl (C=O) groups is 3. The first-order valence-corrected chi connectivity index (χ1v) is 7.07. The maximum absolute atomic E-state index is 10.5. The predicted molar refractivity (Wildman–Crippen MR) is 75.6 cm³/mol. The molecule has 10 heteroatoms. The van der Waals surface area contributed by atoms with Crippen molar-refractivity contribution >= 4 is 81.9 Å². The Morgan fingerprint density at radius 3 is 1.94 bits per heavy atom. The lowest BCUT2D eigenvalue weighted by molar-refractivity contribution is -0.150. The van der Waals surface area contributed by atoms with Crippen molar-refractivity contribution in [1.29, 1.82) is 0 Å². The van der Waals surface area contributed by atoms with Crippen molar-refractivity contribution in [2.24, 2.45) is 0 Å². The average Bonchev–Trinajstić information content (AvgIpc) is 2.55. The van der Waals surface area contributed by atoms with Crippen LogP contribution in [0.25, 0.3) is 0 Å². The van der Waals surface area contributed by atoms with Gasteiger partial charge in [0.25, 0.3) is 0 Å². The summed E-state index contributed by atoms with van der Waals surface area (Å²) in [6.45, 7) is 0. The van der Waals surface area contributed by atoms with E-state index in [9.17, 15) is 14.4 Å². The molecule has 0 saturated carbocycles. The molecule has 0 aliphatic carbocycles. The van der Waals surface area contributed by atoms with Crippen molar-refractivity contribution in [2.75, 3.05) is 0 Å². The number of aliphatic hydroxyl groups is 1.